The zero-order valence-corrected chi connectivity index (χ0v) is 8.56. The standard InChI is InChI=1S/C6H6ClIN2/c1-3-5(8)6(7)10-4(2)9-3/h1-2H3. The van der Waals surface area contributed by atoms with Gasteiger partial charge in [-0.15, -0.1) is 0 Å². The van der Waals surface area contributed by atoms with Crippen LogP contribution in [0.1, 0.15) is 11.5 Å². The van der Waals surface area contributed by atoms with Gasteiger partial charge in [-0.2, -0.15) is 0 Å². The van der Waals surface area contributed by atoms with Crippen LogP contribution >= 0.6 is 34.2 Å². The van der Waals surface area contributed by atoms with Crippen molar-refractivity contribution in [2.45, 2.75) is 13.8 Å². The number of aryl methyl sites for hydroxylation is 2. The Kier molecular flexibility index (Phi) is 2.46. The van der Waals surface area contributed by atoms with Crippen LogP contribution < -0.4 is 0 Å². The van der Waals surface area contributed by atoms with E-state index in [9.17, 15) is 0 Å². The minimum atomic E-state index is 0.547. The number of aromatic nitrogens is 2. The highest BCUT2D eigenvalue weighted by molar-refractivity contribution is 14.1. The number of hydrogen-bond donors (Lipinski definition) is 0. The quantitative estimate of drug-likeness (QED) is 0.533. The Morgan fingerprint density at radius 1 is 1.30 bits per heavy atom. The van der Waals surface area contributed by atoms with Gasteiger partial charge in [0, 0.05) is 0 Å². The number of hydrogen-bond acceptors (Lipinski definition) is 2. The Hall–Kier alpha value is 0.1000. The second-order valence-electron chi connectivity index (χ2n) is 1.96. The Labute approximate surface area is 78.2 Å². The van der Waals surface area contributed by atoms with Crippen LogP contribution in [0.5, 0.6) is 0 Å². The zero-order chi connectivity index (χ0) is 7.72. The maximum Gasteiger partial charge on any atom is 0.146 e. The fourth-order valence-corrected chi connectivity index (χ4v) is 1.16. The Morgan fingerprint density at radius 2 is 1.90 bits per heavy atom. The van der Waals surface area contributed by atoms with E-state index in [0.29, 0.717) is 5.15 Å². The molecule has 0 aliphatic heterocycles. The normalized spacial score (nSPS) is 10.0. The summed E-state index contributed by atoms with van der Waals surface area (Å²) in [7, 11) is 0. The number of halogens is 2. The lowest BCUT2D eigenvalue weighted by molar-refractivity contribution is 0.998. The van der Waals surface area contributed by atoms with E-state index < -0.39 is 0 Å². The van der Waals surface area contributed by atoms with Crippen molar-refractivity contribution in [3.63, 3.8) is 0 Å². The van der Waals surface area contributed by atoms with E-state index in [1.807, 2.05) is 13.8 Å². The molecule has 10 heavy (non-hydrogen) atoms. The highest BCUT2D eigenvalue weighted by Crippen LogP contribution is 2.17. The third-order valence-electron chi connectivity index (χ3n) is 1.09. The van der Waals surface area contributed by atoms with Gasteiger partial charge in [-0.3, -0.25) is 0 Å². The average Bonchev–Trinajstić information content (AvgIpc) is 1.82. The summed E-state index contributed by atoms with van der Waals surface area (Å²) in [6, 6.07) is 0. The van der Waals surface area contributed by atoms with Crippen LogP contribution in [0, 0.1) is 17.4 Å². The third-order valence-corrected chi connectivity index (χ3v) is 2.97. The first-order chi connectivity index (χ1) is 4.61. The van der Waals surface area contributed by atoms with E-state index in [4.69, 9.17) is 11.6 Å². The molecule has 0 spiro atoms. The molecule has 1 aromatic rings. The topological polar surface area (TPSA) is 25.8 Å². The lowest BCUT2D eigenvalue weighted by atomic mass is 10.4. The first kappa shape index (κ1) is 8.20. The summed E-state index contributed by atoms with van der Waals surface area (Å²) in [6.07, 6.45) is 0. The van der Waals surface area contributed by atoms with Gasteiger partial charge in [0.05, 0.1) is 9.26 Å². The van der Waals surface area contributed by atoms with E-state index in [-0.39, 0.29) is 0 Å². The van der Waals surface area contributed by atoms with Crippen LogP contribution in [-0.2, 0) is 0 Å². The summed E-state index contributed by atoms with van der Waals surface area (Å²) < 4.78 is 0.935. The van der Waals surface area contributed by atoms with Gasteiger partial charge in [-0.1, -0.05) is 11.6 Å². The molecule has 0 fully saturated rings. The highest BCUT2D eigenvalue weighted by Gasteiger charge is 2.02. The largest absolute Gasteiger partial charge is 0.237 e. The molecular formula is C6H6ClIN2. The van der Waals surface area contributed by atoms with Crippen molar-refractivity contribution < 1.29 is 0 Å². The molecule has 1 aromatic heterocycles. The van der Waals surface area contributed by atoms with Gasteiger partial charge in [0.25, 0.3) is 0 Å². The van der Waals surface area contributed by atoms with Gasteiger partial charge >= 0.3 is 0 Å². The second kappa shape index (κ2) is 3.00. The predicted molar refractivity (Wildman–Crippen MR) is 49.2 cm³/mol. The molecule has 0 aliphatic rings. The minimum absolute atomic E-state index is 0.547. The van der Waals surface area contributed by atoms with Gasteiger partial charge in [0.2, 0.25) is 0 Å². The maximum absolute atomic E-state index is 5.76. The van der Waals surface area contributed by atoms with Crippen molar-refractivity contribution in [2.24, 2.45) is 0 Å². The molecule has 4 heteroatoms. The molecule has 0 unspecified atom stereocenters. The summed E-state index contributed by atoms with van der Waals surface area (Å²) in [5, 5.41) is 0.547. The van der Waals surface area contributed by atoms with E-state index >= 15 is 0 Å². The van der Waals surface area contributed by atoms with E-state index in [1.54, 1.807) is 0 Å². The van der Waals surface area contributed by atoms with Crippen molar-refractivity contribution in [2.75, 3.05) is 0 Å². The zero-order valence-electron chi connectivity index (χ0n) is 5.65. The van der Waals surface area contributed by atoms with E-state index in [1.165, 1.54) is 0 Å². The number of rotatable bonds is 0. The lowest BCUT2D eigenvalue weighted by Gasteiger charge is -1.99. The molecule has 0 aromatic carbocycles. The van der Waals surface area contributed by atoms with Gasteiger partial charge in [0.1, 0.15) is 11.0 Å². The van der Waals surface area contributed by atoms with Crippen LogP contribution in [0.3, 0.4) is 0 Å². The van der Waals surface area contributed by atoms with Crippen molar-refractivity contribution in [3.05, 3.63) is 20.2 Å². The van der Waals surface area contributed by atoms with Crippen molar-refractivity contribution in [3.8, 4) is 0 Å². The third kappa shape index (κ3) is 1.58. The van der Waals surface area contributed by atoms with Crippen LogP contribution in [0.4, 0.5) is 0 Å². The SMILES string of the molecule is Cc1nc(C)c(I)c(Cl)n1. The molecule has 0 atom stereocenters. The van der Waals surface area contributed by atoms with Crippen LogP contribution in [-0.4, -0.2) is 9.97 Å². The van der Waals surface area contributed by atoms with Crippen molar-refractivity contribution in [1.82, 2.24) is 9.97 Å². The Bertz CT molecular complexity index is 239. The average molecular weight is 268 g/mol. The first-order valence-corrected chi connectivity index (χ1v) is 4.23. The molecule has 0 saturated heterocycles. The summed E-state index contributed by atoms with van der Waals surface area (Å²) >= 11 is 7.89. The molecule has 0 radical (unpaired) electrons. The number of nitrogens with zero attached hydrogens (tertiary/aromatic N) is 2. The molecule has 1 heterocycles. The van der Waals surface area contributed by atoms with Crippen molar-refractivity contribution >= 4 is 34.2 Å². The molecule has 0 saturated carbocycles. The van der Waals surface area contributed by atoms with Gasteiger partial charge in [-0.05, 0) is 36.4 Å². The molecule has 1 rings (SSSR count). The predicted octanol–water partition coefficient (Wildman–Crippen LogP) is 2.35. The fourth-order valence-electron chi connectivity index (χ4n) is 0.657. The maximum atomic E-state index is 5.76. The van der Waals surface area contributed by atoms with Gasteiger partial charge in [0.15, 0.2) is 0 Å². The smallest absolute Gasteiger partial charge is 0.146 e. The Balaban J connectivity index is 3.31. The molecule has 54 valence electrons. The van der Waals surface area contributed by atoms with Crippen molar-refractivity contribution in [1.29, 1.82) is 0 Å². The summed E-state index contributed by atoms with van der Waals surface area (Å²) in [5.74, 6) is 0.725. The monoisotopic (exact) mass is 268 g/mol. The molecular weight excluding hydrogens is 262 g/mol. The van der Waals surface area contributed by atoms with Crippen LogP contribution in [0.25, 0.3) is 0 Å². The fraction of sp³-hybridized carbons (Fsp3) is 0.333. The van der Waals surface area contributed by atoms with Gasteiger partial charge in [-0.25, -0.2) is 9.97 Å². The van der Waals surface area contributed by atoms with Gasteiger partial charge < -0.3 is 0 Å². The first-order valence-electron chi connectivity index (χ1n) is 2.77. The molecule has 0 aliphatic carbocycles. The lowest BCUT2D eigenvalue weighted by Crippen LogP contribution is -1.94. The molecule has 0 N–H and O–H groups in total. The van der Waals surface area contributed by atoms with E-state index in [2.05, 4.69) is 32.6 Å². The molecule has 0 bridgehead atoms. The summed E-state index contributed by atoms with van der Waals surface area (Å²) in [5.41, 5.74) is 0.943. The van der Waals surface area contributed by atoms with E-state index in [0.717, 1.165) is 15.1 Å². The summed E-state index contributed by atoms with van der Waals surface area (Å²) in [6.45, 7) is 3.75. The molecule has 2 nitrogen and oxygen atoms in total. The van der Waals surface area contributed by atoms with Crippen LogP contribution in [0.2, 0.25) is 5.15 Å². The van der Waals surface area contributed by atoms with Crippen LogP contribution in [0.15, 0.2) is 0 Å². The second-order valence-corrected chi connectivity index (χ2v) is 3.40. The highest BCUT2D eigenvalue weighted by atomic mass is 127. The molecule has 0 amide bonds. The summed E-state index contributed by atoms with van der Waals surface area (Å²) in [4.78, 5) is 8.11. The minimum Gasteiger partial charge on any atom is -0.237 e. The Morgan fingerprint density at radius 3 is 2.40 bits per heavy atom.